The van der Waals surface area contributed by atoms with E-state index in [9.17, 15) is 9.59 Å². The first-order valence-electron chi connectivity index (χ1n) is 7.14. The molecule has 3 rings (SSSR count). The van der Waals surface area contributed by atoms with Crippen molar-refractivity contribution in [3.63, 3.8) is 0 Å². The van der Waals surface area contributed by atoms with Crippen LogP contribution in [-0.2, 0) is 11.2 Å². The number of aliphatic carboxylic acids is 1. The summed E-state index contributed by atoms with van der Waals surface area (Å²) in [7, 11) is 0. The highest BCUT2D eigenvalue weighted by Gasteiger charge is 2.35. The molecule has 0 aliphatic heterocycles. The van der Waals surface area contributed by atoms with E-state index < -0.39 is 5.97 Å². The van der Waals surface area contributed by atoms with Crippen LogP contribution in [0.1, 0.15) is 33.9 Å². The highest BCUT2D eigenvalue weighted by molar-refractivity contribution is 7.09. The monoisotopic (exact) mass is 316 g/mol. The van der Waals surface area contributed by atoms with Gasteiger partial charge in [-0.2, -0.15) is 0 Å². The number of aromatic nitrogens is 1. The zero-order valence-corrected chi connectivity index (χ0v) is 12.7. The standard InChI is InChI=1S/C16H16N2O3S/c19-15(17-12-7-11(8-12)16(20)21)13-9-22-14(18-13)6-10-4-2-1-3-5-10/h1-5,9,11-12H,6-8H2,(H,17,19)(H,20,21). The van der Waals surface area contributed by atoms with Crippen molar-refractivity contribution in [2.24, 2.45) is 5.92 Å². The molecule has 0 bridgehead atoms. The lowest BCUT2D eigenvalue weighted by molar-refractivity contribution is -0.145. The number of carbonyl (C=O) groups is 2. The third-order valence-corrected chi connectivity index (χ3v) is 4.65. The second kappa shape index (κ2) is 6.27. The lowest BCUT2D eigenvalue weighted by Gasteiger charge is -2.32. The van der Waals surface area contributed by atoms with Gasteiger partial charge >= 0.3 is 5.97 Å². The van der Waals surface area contributed by atoms with E-state index in [0.29, 0.717) is 25.0 Å². The Balaban J connectivity index is 1.55. The van der Waals surface area contributed by atoms with Gasteiger partial charge in [-0.1, -0.05) is 30.3 Å². The molecule has 1 saturated carbocycles. The fraction of sp³-hybridized carbons (Fsp3) is 0.312. The van der Waals surface area contributed by atoms with Crippen molar-refractivity contribution in [2.45, 2.75) is 25.3 Å². The molecule has 0 atom stereocenters. The van der Waals surface area contributed by atoms with Crippen LogP contribution >= 0.6 is 11.3 Å². The Bertz CT molecular complexity index is 678. The molecule has 0 unspecified atom stereocenters. The second-order valence-corrected chi connectivity index (χ2v) is 6.41. The molecule has 1 aromatic carbocycles. The molecule has 1 aliphatic rings. The maximum Gasteiger partial charge on any atom is 0.306 e. The van der Waals surface area contributed by atoms with Gasteiger partial charge in [0.1, 0.15) is 5.69 Å². The van der Waals surface area contributed by atoms with Crippen molar-refractivity contribution >= 4 is 23.2 Å². The lowest BCUT2D eigenvalue weighted by atomic mass is 9.80. The molecule has 0 saturated heterocycles. The van der Waals surface area contributed by atoms with Gasteiger partial charge in [0.05, 0.1) is 10.9 Å². The number of nitrogens with one attached hydrogen (secondary N) is 1. The van der Waals surface area contributed by atoms with Crippen LogP contribution in [0.5, 0.6) is 0 Å². The van der Waals surface area contributed by atoms with E-state index in [2.05, 4.69) is 10.3 Å². The number of carboxylic acids is 1. The Kier molecular flexibility index (Phi) is 4.20. The molecule has 1 aliphatic carbocycles. The van der Waals surface area contributed by atoms with Crippen molar-refractivity contribution in [3.05, 3.63) is 52.0 Å². The van der Waals surface area contributed by atoms with E-state index in [1.165, 1.54) is 11.3 Å². The zero-order chi connectivity index (χ0) is 15.5. The van der Waals surface area contributed by atoms with Gasteiger partial charge in [-0.15, -0.1) is 11.3 Å². The van der Waals surface area contributed by atoms with Crippen LogP contribution in [0.25, 0.3) is 0 Å². The quantitative estimate of drug-likeness (QED) is 0.887. The Labute approximate surface area is 132 Å². The van der Waals surface area contributed by atoms with E-state index >= 15 is 0 Å². The third-order valence-electron chi connectivity index (χ3n) is 3.81. The third kappa shape index (κ3) is 3.33. The van der Waals surface area contributed by atoms with Gasteiger partial charge in [0, 0.05) is 17.8 Å². The number of benzene rings is 1. The van der Waals surface area contributed by atoms with Gasteiger partial charge in [0.15, 0.2) is 0 Å². The van der Waals surface area contributed by atoms with Crippen LogP contribution in [-0.4, -0.2) is 28.0 Å². The maximum atomic E-state index is 12.1. The minimum atomic E-state index is -0.788. The number of nitrogens with zero attached hydrogens (tertiary/aromatic N) is 1. The van der Waals surface area contributed by atoms with Crippen molar-refractivity contribution in [2.75, 3.05) is 0 Å². The molecule has 1 heterocycles. The molecule has 0 radical (unpaired) electrons. The number of carbonyl (C=O) groups excluding carboxylic acids is 1. The summed E-state index contributed by atoms with van der Waals surface area (Å²) >= 11 is 1.46. The topological polar surface area (TPSA) is 79.3 Å². The Morgan fingerprint density at radius 3 is 2.68 bits per heavy atom. The first kappa shape index (κ1) is 14.7. The number of hydrogen-bond donors (Lipinski definition) is 2. The minimum absolute atomic E-state index is 0.0483. The summed E-state index contributed by atoms with van der Waals surface area (Å²) in [5.74, 6) is -1.33. The van der Waals surface area contributed by atoms with E-state index in [4.69, 9.17) is 5.11 Å². The van der Waals surface area contributed by atoms with Gasteiger partial charge in [0.2, 0.25) is 0 Å². The predicted octanol–water partition coefficient (Wildman–Crippen LogP) is 2.33. The molecule has 5 nitrogen and oxygen atoms in total. The molecule has 6 heteroatoms. The first-order valence-corrected chi connectivity index (χ1v) is 8.02. The molecule has 2 N–H and O–H groups in total. The molecular formula is C16H16N2O3S. The fourth-order valence-corrected chi connectivity index (χ4v) is 3.27. The summed E-state index contributed by atoms with van der Waals surface area (Å²) in [5, 5.41) is 14.3. The van der Waals surface area contributed by atoms with Gasteiger partial charge in [-0.05, 0) is 18.4 Å². The average molecular weight is 316 g/mol. The van der Waals surface area contributed by atoms with Gasteiger partial charge < -0.3 is 10.4 Å². The molecule has 114 valence electrons. The Morgan fingerprint density at radius 2 is 2.00 bits per heavy atom. The Morgan fingerprint density at radius 1 is 1.27 bits per heavy atom. The molecule has 1 amide bonds. The summed E-state index contributed by atoms with van der Waals surface area (Å²) in [4.78, 5) is 27.2. The minimum Gasteiger partial charge on any atom is -0.481 e. The molecule has 1 aromatic heterocycles. The zero-order valence-electron chi connectivity index (χ0n) is 11.9. The maximum absolute atomic E-state index is 12.1. The van der Waals surface area contributed by atoms with Crippen LogP contribution in [0.4, 0.5) is 0 Å². The highest BCUT2D eigenvalue weighted by Crippen LogP contribution is 2.27. The normalized spacial score (nSPS) is 20.2. The number of amides is 1. The van der Waals surface area contributed by atoms with Crippen molar-refractivity contribution < 1.29 is 14.7 Å². The fourth-order valence-electron chi connectivity index (χ4n) is 2.46. The van der Waals surface area contributed by atoms with Crippen LogP contribution in [0.3, 0.4) is 0 Å². The number of hydrogen-bond acceptors (Lipinski definition) is 4. The summed E-state index contributed by atoms with van der Waals surface area (Å²) < 4.78 is 0. The largest absolute Gasteiger partial charge is 0.481 e. The molecule has 1 fully saturated rings. The van der Waals surface area contributed by atoms with Crippen LogP contribution < -0.4 is 5.32 Å². The van der Waals surface area contributed by atoms with Crippen LogP contribution in [0.2, 0.25) is 0 Å². The van der Waals surface area contributed by atoms with E-state index in [1.807, 2.05) is 30.3 Å². The lowest BCUT2D eigenvalue weighted by Crippen LogP contribution is -2.46. The molecular weight excluding hydrogens is 300 g/mol. The van der Waals surface area contributed by atoms with E-state index in [0.717, 1.165) is 10.6 Å². The van der Waals surface area contributed by atoms with Crippen molar-refractivity contribution in [1.82, 2.24) is 10.3 Å². The number of thiazole rings is 1. The first-order chi connectivity index (χ1) is 10.6. The van der Waals surface area contributed by atoms with Crippen molar-refractivity contribution in [1.29, 1.82) is 0 Å². The summed E-state index contributed by atoms with van der Waals surface area (Å²) in [6.45, 7) is 0. The van der Waals surface area contributed by atoms with Gasteiger partial charge in [0.25, 0.3) is 5.91 Å². The van der Waals surface area contributed by atoms with E-state index in [1.54, 1.807) is 5.38 Å². The SMILES string of the molecule is O=C(NC1CC(C(=O)O)C1)c1csc(Cc2ccccc2)n1. The summed E-state index contributed by atoms with van der Waals surface area (Å²) in [6, 6.07) is 9.93. The summed E-state index contributed by atoms with van der Waals surface area (Å²) in [6.07, 6.45) is 1.72. The highest BCUT2D eigenvalue weighted by atomic mass is 32.1. The predicted molar refractivity (Wildman–Crippen MR) is 83.0 cm³/mol. The van der Waals surface area contributed by atoms with Gasteiger partial charge in [-0.3, -0.25) is 9.59 Å². The molecule has 2 aromatic rings. The van der Waals surface area contributed by atoms with Crippen LogP contribution in [0, 0.1) is 5.92 Å². The van der Waals surface area contributed by atoms with Gasteiger partial charge in [-0.25, -0.2) is 4.98 Å². The van der Waals surface area contributed by atoms with E-state index in [-0.39, 0.29) is 17.9 Å². The van der Waals surface area contributed by atoms with Crippen molar-refractivity contribution in [3.8, 4) is 0 Å². The summed E-state index contributed by atoms with van der Waals surface area (Å²) in [5.41, 5.74) is 1.57. The smallest absolute Gasteiger partial charge is 0.306 e. The molecule has 0 spiro atoms. The van der Waals surface area contributed by atoms with Crippen LogP contribution in [0.15, 0.2) is 35.7 Å². The number of rotatable bonds is 5. The number of carboxylic acid groups (broad SMARTS) is 1. The average Bonchev–Trinajstić information content (AvgIpc) is 2.91. The molecule has 22 heavy (non-hydrogen) atoms. The Hall–Kier alpha value is -2.21. The second-order valence-electron chi connectivity index (χ2n) is 5.47.